The van der Waals surface area contributed by atoms with Gasteiger partial charge in [-0.15, -0.1) is 0 Å². The number of halogens is 1. The number of benzene rings is 2. The van der Waals surface area contributed by atoms with Crippen molar-refractivity contribution in [1.29, 1.82) is 0 Å². The lowest BCUT2D eigenvalue weighted by Crippen LogP contribution is -2.22. The number of hydrogen-bond acceptors (Lipinski definition) is 5. The molecule has 27 heavy (non-hydrogen) atoms. The van der Waals surface area contributed by atoms with Crippen LogP contribution in [0.2, 0.25) is 0 Å². The molecule has 1 heterocycles. The van der Waals surface area contributed by atoms with E-state index in [0.717, 1.165) is 11.3 Å². The molecule has 1 aromatic heterocycles. The lowest BCUT2D eigenvalue weighted by molar-refractivity contribution is -0.141. The van der Waals surface area contributed by atoms with E-state index in [1.807, 2.05) is 0 Å². The van der Waals surface area contributed by atoms with Crippen molar-refractivity contribution < 1.29 is 23.5 Å². The first kappa shape index (κ1) is 18.7. The van der Waals surface area contributed by atoms with Gasteiger partial charge in [-0.1, -0.05) is 29.5 Å². The summed E-state index contributed by atoms with van der Waals surface area (Å²) in [5, 5.41) is 0. The molecular weight excluding hydrogens is 371 g/mol. The highest BCUT2D eigenvalue weighted by Gasteiger charge is 2.15. The molecule has 0 aliphatic heterocycles. The molecular formula is C19H15FN2O4S. The molecule has 8 heteroatoms. The molecule has 0 aliphatic rings. The van der Waals surface area contributed by atoms with Gasteiger partial charge in [-0.05, 0) is 31.2 Å². The van der Waals surface area contributed by atoms with Gasteiger partial charge >= 0.3 is 5.97 Å². The molecule has 0 N–H and O–H groups in total. The Hall–Kier alpha value is -3.13. The standard InChI is InChI=1S/C19H15FN2O4S/c1-11(23)12-6-8-13(9-7-12)18(25)21-19-22(10-16(24)26-2)17-14(20)4-3-5-15(17)27-19/h3-9H,10H2,1-2H3. The van der Waals surface area contributed by atoms with Crippen LogP contribution in [0.4, 0.5) is 4.39 Å². The van der Waals surface area contributed by atoms with Crippen molar-refractivity contribution in [2.75, 3.05) is 7.11 Å². The summed E-state index contributed by atoms with van der Waals surface area (Å²) in [6.45, 7) is 1.16. The molecule has 0 saturated carbocycles. The Labute approximate surface area is 157 Å². The number of esters is 1. The molecule has 0 spiro atoms. The normalized spacial score (nSPS) is 11.6. The van der Waals surface area contributed by atoms with Crippen molar-refractivity contribution in [2.24, 2.45) is 4.99 Å². The van der Waals surface area contributed by atoms with Crippen molar-refractivity contribution in [2.45, 2.75) is 13.5 Å². The zero-order chi connectivity index (χ0) is 19.6. The Kier molecular flexibility index (Phi) is 5.27. The average Bonchev–Trinajstić information content (AvgIpc) is 3.00. The van der Waals surface area contributed by atoms with E-state index in [1.165, 1.54) is 48.9 Å². The first-order valence-electron chi connectivity index (χ1n) is 7.95. The summed E-state index contributed by atoms with van der Waals surface area (Å²) >= 11 is 1.10. The van der Waals surface area contributed by atoms with Crippen LogP contribution in [0.1, 0.15) is 27.6 Å². The number of amides is 1. The topological polar surface area (TPSA) is 77.7 Å². The third-order valence-electron chi connectivity index (χ3n) is 3.90. The molecule has 1 amide bonds. The predicted molar refractivity (Wildman–Crippen MR) is 98.1 cm³/mol. The van der Waals surface area contributed by atoms with E-state index in [0.29, 0.717) is 10.3 Å². The summed E-state index contributed by atoms with van der Waals surface area (Å²) in [5.41, 5.74) is 0.949. The molecule has 0 unspecified atom stereocenters. The number of hydrogen-bond donors (Lipinski definition) is 0. The number of ketones is 1. The maximum absolute atomic E-state index is 14.3. The molecule has 2 aromatic carbocycles. The Bertz CT molecular complexity index is 1110. The van der Waals surface area contributed by atoms with Crippen molar-refractivity contribution in [3.8, 4) is 0 Å². The second-order valence-electron chi connectivity index (χ2n) is 5.68. The van der Waals surface area contributed by atoms with Crippen LogP contribution in [0.3, 0.4) is 0 Å². The summed E-state index contributed by atoms with van der Waals surface area (Å²) in [5.74, 6) is -1.78. The smallest absolute Gasteiger partial charge is 0.325 e. The number of rotatable bonds is 4. The van der Waals surface area contributed by atoms with E-state index in [2.05, 4.69) is 9.73 Å². The van der Waals surface area contributed by atoms with Gasteiger partial charge < -0.3 is 9.30 Å². The second-order valence-corrected chi connectivity index (χ2v) is 6.69. The maximum Gasteiger partial charge on any atom is 0.325 e. The zero-order valence-corrected chi connectivity index (χ0v) is 15.4. The van der Waals surface area contributed by atoms with Crippen molar-refractivity contribution >= 4 is 39.2 Å². The van der Waals surface area contributed by atoms with Crippen molar-refractivity contribution in [1.82, 2.24) is 4.57 Å². The summed E-state index contributed by atoms with van der Waals surface area (Å²) in [4.78, 5) is 39.8. The Balaban J connectivity index is 2.10. The van der Waals surface area contributed by atoms with Crippen molar-refractivity contribution in [3.05, 3.63) is 64.2 Å². The lowest BCUT2D eigenvalue weighted by atomic mass is 10.1. The SMILES string of the molecule is COC(=O)Cn1c(=NC(=O)c2ccc(C(C)=O)cc2)sc2cccc(F)c21. The van der Waals surface area contributed by atoms with Crippen LogP contribution in [0.5, 0.6) is 0 Å². The fourth-order valence-corrected chi connectivity index (χ4v) is 3.55. The molecule has 138 valence electrons. The summed E-state index contributed by atoms with van der Waals surface area (Å²) in [7, 11) is 1.23. The third kappa shape index (κ3) is 3.85. The van der Waals surface area contributed by atoms with E-state index >= 15 is 0 Å². The van der Waals surface area contributed by atoms with Gasteiger partial charge in [0.05, 0.1) is 17.3 Å². The van der Waals surface area contributed by atoms with Crippen LogP contribution in [-0.4, -0.2) is 29.3 Å². The van der Waals surface area contributed by atoms with E-state index in [1.54, 1.807) is 12.1 Å². The third-order valence-corrected chi connectivity index (χ3v) is 4.95. The number of Topliss-reactive ketones (excluding diaryl/α,β-unsaturated/α-hetero) is 1. The Morgan fingerprint density at radius 3 is 2.41 bits per heavy atom. The van der Waals surface area contributed by atoms with Crippen molar-refractivity contribution in [3.63, 3.8) is 0 Å². The molecule has 3 aromatic rings. The summed E-state index contributed by atoms with van der Waals surface area (Å²) in [6.07, 6.45) is 0. The highest BCUT2D eigenvalue weighted by atomic mass is 32.1. The average molecular weight is 386 g/mol. The summed E-state index contributed by atoms with van der Waals surface area (Å²) < 4.78 is 20.8. The minimum Gasteiger partial charge on any atom is -0.468 e. The molecule has 0 aliphatic carbocycles. The van der Waals surface area contributed by atoms with Crippen LogP contribution >= 0.6 is 11.3 Å². The second kappa shape index (κ2) is 7.63. The number of carbonyl (C=O) groups excluding carboxylic acids is 3. The maximum atomic E-state index is 14.3. The van der Waals surface area contributed by atoms with Gasteiger partial charge in [-0.25, -0.2) is 4.39 Å². The molecule has 0 saturated heterocycles. The number of nitrogens with zero attached hydrogens (tertiary/aromatic N) is 2. The van der Waals surface area contributed by atoms with Gasteiger partial charge in [0, 0.05) is 11.1 Å². The van der Waals surface area contributed by atoms with Gasteiger partial charge in [-0.2, -0.15) is 4.99 Å². The number of para-hydroxylation sites is 1. The largest absolute Gasteiger partial charge is 0.468 e. The number of methoxy groups -OCH3 is 1. The highest BCUT2D eigenvalue weighted by Crippen LogP contribution is 2.20. The van der Waals surface area contributed by atoms with E-state index in [4.69, 9.17) is 0 Å². The molecule has 6 nitrogen and oxygen atoms in total. The fourth-order valence-electron chi connectivity index (χ4n) is 2.51. The van der Waals surface area contributed by atoms with Gasteiger partial charge in [-0.3, -0.25) is 14.4 Å². The Morgan fingerprint density at radius 2 is 1.78 bits per heavy atom. The molecule has 0 bridgehead atoms. The minimum absolute atomic E-state index is 0.109. The van der Waals surface area contributed by atoms with E-state index in [-0.39, 0.29) is 28.2 Å². The first-order chi connectivity index (χ1) is 12.9. The first-order valence-corrected chi connectivity index (χ1v) is 8.77. The quantitative estimate of drug-likeness (QED) is 0.510. The molecule has 0 atom stereocenters. The predicted octanol–water partition coefficient (Wildman–Crippen LogP) is 2.96. The fraction of sp³-hybridized carbons (Fsp3) is 0.158. The molecule has 0 fully saturated rings. The lowest BCUT2D eigenvalue weighted by Gasteiger charge is -2.04. The van der Waals surface area contributed by atoms with Gasteiger partial charge in [0.25, 0.3) is 5.91 Å². The van der Waals surface area contributed by atoms with E-state index < -0.39 is 17.7 Å². The van der Waals surface area contributed by atoms with Gasteiger partial charge in [0.2, 0.25) is 0 Å². The summed E-state index contributed by atoms with van der Waals surface area (Å²) in [6, 6.07) is 10.6. The number of fused-ring (bicyclic) bond motifs is 1. The Morgan fingerprint density at radius 1 is 1.11 bits per heavy atom. The molecule has 3 rings (SSSR count). The number of ether oxygens (including phenoxy) is 1. The minimum atomic E-state index is -0.585. The molecule has 0 radical (unpaired) electrons. The zero-order valence-electron chi connectivity index (χ0n) is 14.6. The highest BCUT2D eigenvalue weighted by molar-refractivity contribution is 7.16. The number of aromatic nitrogens is 1. The van der Waals surface area contributed by atoms with Crippen LogP contribution in [-0.2, 0) is 16.1 Å². The van der Waals surface area contributed by atoms with E-state index in [9.17, 15) is 18.8 Å². The van der Waals surface area contributed by atoms with Crippen LogP contribution < -0.4 is 4.80 Å². The van der Waals surface area contributed by atoms with Crippen LogP contribution in [0.15, 0.2) is 47.5 Å². The van der Waals surface area contributed by atoms with Crippen LogP contribution in [0.25, 0.3) is 10.2 Å². The van der Waals surface area contributed by atoms with Gasteiger partial charge in [0.15, 0.2) is 10.6 Å². The number of carbonyl (C=O) groups is 3. The monoisotopic (exact) mass is 386 g/mol. The van der Waals surface area contributed by atoms with Gasteiger partial charge in [0.1, 0.15) is 12.4 Å². The number of thiazole rings is 1. The van der Waals surface area contributed by atoms with Crippen LogP contribution in [0, 0.1) is 5.82 Å².